The van der Waals surface area contributed by atoms with Crippen molar-refractivity contribution in [3.63, 3.8) is 0 Å². The number of nitrogens with one attached hydrogen (secondary N) is 2. The largest absolute Gasteiger partial charge is 0.340 e. The fourth-order valence-corrected chi connectivity index (χ4v) is 3.14. The number of aryl methyl sites for hydroxylation is 2. The average molecular weight is 275 g/mol. The summed E-state index contributed by atoms with van der Waals surface area (Å²) in [5.74, 6) is 0.976. The van der Waals surface area contributed by atoms with E-state index in [1.165, 1.54) is 16.7 Å². The molecule has 0 aliphatic carbocycles. The fraction of sp³-hybridized carbons (Fsp3) is 0.400. The molecule has 3 nitrogen and oxygen atoms in total. The van der Waals surface area contributed by atoms with Crippen LogP contribution in [0.1, 0.15) is 29.7 Å². The molecule has 19 heavy (non-hydrogen) atoms. The fourth-order valence-electron chi connectivity index (χ4n) is 2.22. The maximum Gasteiger partial charge on any atom is 0.165 e. The van der Waals surface area contributed by atoms with Gasteiger partial charge in [-0.1, -0.05) is 48.0 Å². The summed E-state index contributed by atoms with van der Waals surface area (Å²) in [7, 11) is 0. The van der Waals surface area contributed by atoms with Gasteiger partial charge in [0.25, 0.3) is 0 Å². The lowest BCUT2D eigenvalue weighted by Crippen LogP contribution is -2.23. The Balaban J connectivity index is 2.09. The molecule has 0 amide bonds. The summed E-state index contributed by atoms with van der Waals surface area (Å²) >= 11 is 1.75. The van der Waals surface area contributed by atoms with Gasteiger partial charge in [-0.3, -0.25) is 0 Å². The molecule has 2 N–H and O–H groups in total. The second-order valence-corrected chi connectivity index (χ2v) is 5.75. The van der Waals surface area contributed by atoms with E-state index in [4.69, 9.17) is 0 Å². The summed E-state index contributed by atoms with van der Waals surface area (Å²) in [6.45, 7) is 7.42. The zero-order valence-corrected chi connectivity index (χ0v) is 12.6. The molecule has 2 rings (SSSR count). The lowest BCUT2D eigenvalue weighted by atomic mass is 10.0. The Labute approximate surface area is 119 Å². The minimum absolute atomic E-state index is 0.360. The van der Waals surface area contributed by atoms with Crippen molar-refractivity contribution in [3.05, 3.63) is 47.3 Å². The molecule has 0 fully saturated rings. The number of aromatic nitrogens is 2. The number of hydrogen-bond donors (Lipinski definition) is 2. The van der Waals surface area contributed by atoms with Gasteiger partial charge >= 0.3 is 0 Å². The summed E-state index contributed by atoms with van der Waals surface area (Å²) in [6, 6.07) is 7.11. The van der Waals surface area contributed by atoms with E-state index in [1.54, 1.807) is 18.0 Å². The van der Waals surface area contributed by atoms with Gasteiger partial charge in [0.15, 0.2) is 5.16 Å². The predicted octanol–water partition coefficient (Wildman–Crippen LogP) is 3.47. The maximum absolute atomic E-state index is 4.26. The number of nitrogens with zero attached hydrogens (tertiary/aromatic N) is 1. The summed E-state index contributed by atoms with van der Waals surface area (Å²) in [6.07, 6.45) is 3.66. The van der Waals surface area contributed by atoms with E-state index in [9.17, 15) is 0 Å². The van der Waals surface area contributed by atoms with E-state index in [-0.39, 0.29) is 0 Å². The van der Waals surface area contributed by atoms with Crippen molar-refractivity contribution < 1.29 is 0 Å². The minimum Gasteiger partial charge on any atom is -0.340 e. The summed E-state index contributed by atoms with van der Waals surface area (Å²) in [4.78, 5) is 7.39. The Morgan fingerprint density at radius 2 is 2.00 bits per heavy atom. The van der Waals surface area contributed by atoms with Crippen molar-refractivity contribution in [1.29, 1.82) is 0 Å². The molecule has 0 bridgehead atoms. The highest BCUT2D eigenvalue weighted by Crippen LogP contribution is 2.23. The van der Waals surface area contributed by atoms with E-state index in [1.807, 2.05) is 6.20 Å². The maximum atomic E-state index is 4.26. The van der Waals surface area contributed by atoms with Crippen molar-refractivity contribution in [2.75, 3.05) is 12.3 Å². The van der Waals surface area contributed by atoms with Crippen LogP contribution in [0, 0.1) is 13.8 Å². The number of rotatable bonds is 6. The molecule has 0 saturated heterocycles. The van der Waals surface area contributed by atoms with Crippen LogP contribution in [0.3, 0.4) is 0 Å². The van der Waals surface area contributed by atoms with Crippen molar-refractivity contribution >= 4 is 11.8 Å². The molecule has 1 aromatic heterocycles. The molecule has 1 unspecified atom stereocenters. The third-order valence-electron chi connectivity index (χ3n) is 2.96. The van der Waals surface area contributed by atoms with Gasteiger partial charge in [0.1, 0.15) is 0 Å². The normalized spacial score (nSPS) is 12.6. The highest BCUT2D eigenvalue weighted by atomic mass is 32.2. The standard InChI is InChI=1S/C15H21N3S/c1-4-16-14(10-19-15-17-5-6-18-15)13-8-11(2)7-12(3)9-13/h5-9,14,16H,4,10H2,1-3H3,(H,17,18). The van der Waals surface area contributed by atoms with Crippen molar-refractivity contribution in [3.8, 4) is 0 Å². The Hall–Kier alpha value is -1.26. The monoisotopic (exact) mass is 275 g/mol. The van der Waals surface area contributed by atoms with Gasteiger partial charge in [0, 0.05) is 24.2 Å². The van der Waals surface area contributed by atoms with Crippen LogP contribution in [0.5, 0.6) is 0 Å². The van der Waals surface area contributed by atoms with Crippen LogP contribution >= 0.6 is 11.8 Å². The minimum atomic E-state index is 0.360. The summed E-state index contributed by atoms with van der Waals surface area (Å²) < 4.78 is 0. The number of imidazole rings is 1. The molecule has 0 saturated carbocycles. The van der Waals surface area contributed by atoms with Crippen molar-refractivity contribution in [1.82, 2.24) is 15.3 Å². The van der Waals surface area contributed by atoms with Gasteiger partial charge in [0.05, 0.1) is 0 Å². The van der Waals surface area contributed by atoms with Crippen LogP contribution in [0.15, 0.2) is 35.7 Å². The lowest BCUT2D eigenvalue weighted by molar-refractivity contribution is 0.605. The number of thioether (sulfide) groups is 1. The molecule has 0 aliphatic heterocycles. The number of aromatic amines is 1. The highest BCUT2D eigenvalue weighted by Gasteiger charge is 2.12. The quantitative estimate of drug-likeness (QED) is 0.793. The summed E-state index contributed by atoms with van der Waals surface area (Å²) in [5.41, 5.74) is 4.00. The number of benzene rings is 1. The average Bonchev–Trinajstić information content (AvgIpc) is 2.86. The van der Waals surface area contributed by atoms with E-state index in [0.717, 1.165) is 17.5 Å². The van der Waals surface area contributed by atoms with Crippen LogP contribution in [-0.2, 0) is 0 Å². The van der Waals surface area contributed by atoms with Gasteiger partial charge in [-0.05, 0) is 26.0 Å². The Bertz CT molecular complexity index is 488. The second-order valence-electron chi connectivity index (χ2n) is 4.74. The van der Waals surface area contributed by atoms with Crippen LogP contribution in [0.4, 0.5) is 0 Å². The van der Waals surface area contributed by atoms with Crippen LogP contribution in [0.25, 0.3) is 0 Å². The Morgan fingerprint density at radius 3 is 2.58 bits per heavy atom. The predicted molar refractivity (Wildman–Crippen MR) is 81.6 cm³/mol. The molecular weight excluding hydrogens is 254 g/mol. The zero-order chi connectivity index (χ0) is 13.7. The Morgan fingerprint density at radius 1 is 1.26 bits per heavy atom. The van der Waals surface area contributed by atoms with Gasteiger partial charge < -0.3 is 10.3 Å². The molecule has 1 atom stereocenters. The van der Waals surface area contributed by atoms with E-state index >= 15 is 0 Å². The van der Waals surface area contributed by atoms with Crippen molar-refractivity contribution in [2.45, 2.75) is 32.0 Å². The first-order chi connectivity index (χ1) is 9.19. The first-order valence-electron chi connectivity index (χ1n) is 6.62. The highest BCUT2D eigenvalue weighted by molar-refractivity contribution is 7.99. The van der Waals surface area contributed by atoms with Crippen LogP contribution in [-0.4, -0.2) is 22.3 Å². The van der Waals surface area contributed by atoms with Gasteiger partial charge in [-0.15, -0.1) is 0 Å². The molecule has 102 valence electrons. The Kier molecular flexibility index (Phi) is 5.05. The topological polar surface area (TPSA) is 40.7 Å². The molecular formula is C15H21N3S. The van der Waals surface area contributed by atoms with Crippen LogP contribution < -0.4 is 5.32 Å². The first-order valence-corrected chi connectivity index (χ1v) is 7.61. The smallest absolute Gasteiger partial charge is 0.165 e. The van der Waals surface area contributed by atoms with Crippen LogP contribution in [0.2, 0.25) is 0 Å². The SMILES string of the molecule is CCNC(CSc1ncc[nH]1)c1cc(C)cc(C)c1. The molecule has 4 heteroatoms. The molecule has 1 aromatic carbocycles. The molecule has 1 heterocycles. The molecule has 0 radical (unpaired) electrons. The second kappa shape index (κ2) is 6.78. The van der Waals surface area contributed by atoms with E-state index in [0.29, 0.717) is 6.04 Å². The molecule has 0 spiro atoms. The lowest BCUT2D eigenvalue weighted by Gasteiger charge is -2.18. The van der Waals surface area contributed by atoms with Gasteiger partial charge in [-0.2, -0.15) is 0 Å². The first kappa shape index (κ1) is 14.2. The zero-order valence-electron chi connectivity index (χ0n) is 11.7. The van der Waals surface area contributed by atoms with Crippen molar-refractivity contribution in [2.24, 2.45) is 0 Å². The van der Waals surface area contributed by atoms with E-state index in [2.05, 4.69) is 54.3 Å². The molecule has 0 aliphatic rings. The van der Waals surface area contributed by atoms with E-state index < -0.39 is 0 Å². The van der Waals surface area contributed by atoms with Gasteiger partial charge in [-0.25, -0.2) is 4.98 Å². The number of hydrogen-bond acceptors (Lipinski definition) is 3. The third kappa shape index (κ3) is 4.11. The summed E-state index contributed by atoms with van der Waals surface area (Å²) in [5, 5.41) is 4.53. The van der Waals surface area contributed by atoms with Gasteiger partial charge in [0.2, 0.25) is 0 Å². The number of H-pyrrole nitrogens is 1. The molecule has 2 aromatic rings. The third-order valence-corrected chi connectivity index (χ3v) is 3.95.